The van der Waals surface area contributed by atoms with Crippen molar-refractivity contribution in [3.05, 3.63) is 29.8 Å². The van der Waals surface area contributed by atoms with Gasteiger partial charge in [-0.2, -0.15) is 0 Å². The zero-order valence-corrected chi connectivity index (χ0v) is 10.9. The Morgan fingerprint density at radius 2 is 2.10 bits per heavy atom. The molecule has 0 amide bonds. The van der Waals surface area contributed by atoms with Crippen molar-refractivity contribution in [2.24, 2.45) is 0 Å². The Morgan fingerprint density at radius 1 is 1.35 bits per heavy atom. The van der Waals surface area contributed by atoms with Gasteiger partial charge in [-0.05, 0) is 12.1 Å². The summed E-state index contributed by atoms with van der Waals surface area (Å²) in [5.41, 5.74) is 0.524. The average Bonchev–Trinajstić information content (AvgIpc) is 2.78. The molecule has 1 aliphatic rings. The van der Waals surface area contributed by atoms with Gasteiger partial charge in [0.2, 0.25) is 0 Å². The van der Waals surface area contributed by atoms with Crippen LogP contribution >= 0.6 is 0 Å². The standard InChI is InChI=1S/C13H16N4O3/c18-9-1-2-10-12(13(19)20)15-11(17(10)7-9)8-16-5-3-14-4-6-16/h1-2,7,14,18H,3-6,8H2,(H,19,20). The number of rotatable bonds is 3. The third kappa shape index (κ3) is 2.33. The van der Waals surface area contributed by atoms with E-state index in [4.69, 9.17) is 0 Å². The molecule has 1 fully saturated rings. The summed E-state index contributed by atoms with van der Waals surface area (Å²) in [6.07, 6.45) is 1.51. The van der Waals surface area contributed by atoms with E-state index in [2.05, 4.69) is 15.2 Å². The van der Waals surface area contributed by atoms with Crippen molar-refractivity contribution in [2.75, 3.05) is 26.2 Å². The number of imidazole rings is 1. The Balaban J connectivity index is 2.00. The van der Waals surface area contributed by atoms with E-state index in [1.54, 1.807) is 10.5 Å². The minimum absolute atomic E-state index is 0.0233. The third-order valence-electron chi connectivity index (χ3n) is 3.47. The second kappa shape index (κ2) is 5.10. The molecule has 106 valence electrons. The van der Waals surface area contributed by atoms with Crippen LogP contribution in [0.25, 0.3) is 5.52 Å². The number of hydrogen-bond donors (Lipinski definition) is 3. The largest absolute Gasteiger partial charge is 0.506 e. The summed E-state index contributed by atoms with van der Waals surface area (Å²) < 4.78 is 1.65. The van der Waals surface area contributed by atoms with Gasteiger partial charge >= 0.3 is 5.97 Å². The quantitative estimate of drug-likeness (QED) is 0.739. The number of fused-ring (bicyclic) bond motifs is 1. The Bertz CT molecular complexity index is 646. The van der Waals surface area contributed by atoms with Gasteiger partial charge < -0.3 is 15.5 Å². The number of hydrogen-bond acceptors (Lipinski definition) is 5. The van der Waals surface area contributed by atoms with Gasteiger partial charge in [0.15, 0.2) is 5.69 Å². The van der Waals surface area contributed by atoms with Crippen LogP contribution in [-0.2, 0) is 6.54 Å². The number of carbonyl (C=O) groups is 1. The molecule has 0 radical (unpaired) electrons. The molecule has 0 unspecified atom stereocenters. The van der Waals surface area contributed by atoms with Gasteiger partial charge in [0.05, 0.1) is 18.3 Å². The molecule has 0 aromatic carbocycles. The van der Waals surface area contributed by atoms with Crippen molar-refractivity contribution in [3.63, 3.8) is 0 Å². The number of aromatic hydroxyl groups is 1. The summed E-state index contributed by atoms with van der Waals surface area (Å²) in [6.45, 7) is 4.20. The Morgan fingerprint density at radius 3 is 2.80 bits per heavy atom. The SMILES string of the molecule is O=C(O)c1nc(CN2CCNCC2)n2cc(O)ccc12. The van der Waals surface area contributed by atoms with Crippen LogP contribution < -0.4 is 5.32 Å². The molecule has 0 bridgehead atoms. The highest BCUT2D eigenvalue weighted by atomic mass is 16.4. The van der Waals surface area contributed by atoms with Gasteiger partial charge in [-0.15, -0.1) is 0 Å². The van der Waals surface area contributed by atoms with E-state index < -0.39 is 5.97 Å². The molecule has 2 aromatic rings. The molecule has 7 heteroatoms. The van der Waals surface area contributed by atoms with E-state index in [0.29, 0.717) is 17.9 Å². The fourth-order valence-electron chi connectivity index (χ4n) is 2.47. The molecule has 2 aromatic heterocycles. The first-order valence-electron chi connectivity index (χ1n) is 6.51. The molecule has 3 N–H and O–H groups in total. The van der Waals surface area contributed by atoms with Crippen LogP contribution in [0.1, 0.15) is 16.3 Å². The second-order valence-corrected chi connectivity index (χ2v) is 4.85. The number of aromatic nitrogens is 2. The predicted octanol–water partition coefficient (Wildman–Crippen LogP) is 0.143. The molecular weight excluding hydrogens is 260 g/mol. The number of carboxylic acid groups (broad SMARTS) is 1. The molecule has 7 nitrogen and oxygen atoms in total. The predicted molar refractivity (Wildman–Crippen MR) is 72.0 cm³/mol. The molecule has 0 aliphatic carbocycles. The lowest BCUT2D eigenvalue weighted by Crippen LogP contribution is -2.43. The normalized spacial score (nSPS) is 16.6. The van der Waals surface area contributed by atoms with Gasteiger partial charge in [0.1, 0.15) is 11.6 Å². The average molecular weight is 276 g/mol. The van der Waals surface area contributed by atoms with E-state index in [-0.39, 0.29) is 11.4 Å². The summed E-state index contributed by atoms with van der Waals surface area (Å²) in [4.78, 5) is 17.7. The number of nitrogens with zero attached hydrogens (tertiary/aromatic N) is 3. The second-order valence-electron chi connectivity index (χ2n) is 4.85. The van der Waals surface area contributed by atoms with Gasteiger partial charge in [-0.3, -0.25) is 9.30 Å². The summed E-state index contributed by atoms with van der Waals surface area (Å²) in [5.74, 6) is -0.330. The molecule has 3 heterocycles. The Labute approximate surface area is 115 Å². The van der Waals surface area contributed by atoms with Crippen LogP contribution in [0.4, 0.5) is 0 Å². The first-order chi connectivity index (χ1) is 9.65. The first-order valence-corrected chi connectivity index (χ1v) is 6.51. The minimum atomic E-state index is -1.06. The Kier molecular flexibility index (Phi) is 3.29. The van der Waals surface area contributed by atoms with Gasteiger partial charge in [0, 0.05) is 26.2 Å². The maximum Gasteiger partial charge on any atom is 0.356 e. The lowest BCUT2D eigenvalue weighted by molar-refractivity contribution is 0.0693. The van der Waals surface area contributed by atoms with Crippen LogP contribution in [0, 0.1) is 0 Å². The van der Waals surface area contributed by atoms with Gasteiger partial charge in [0.25, 0.3) is 0 Å². The maximum absolute atomic E-state index is 11.2. The zero-order chi connectivity index (χ0) is 14.1. The monoisotopic (exact) mass is 276 g/mol. The number of piperazine rings is 1. The van der Waals surface area contributed by atoms with Crippen LogP contribution in [0.2, 0.25) is 0 Å². The molecule has 1 aliphatic heterocycles. The fraction of sp³-hybridized carbons (Fsp3) is 0.385. The molecule has 1 saturated heterocycles. The molecule has 20 heavy (non-hydrogen) atoms. The lowest BCUT2D eigenvalue weighted by atomic mass is 10.3. The van der Waals surface area contributed by atoms with Crippen LogP contribution in [0.5, 0.6) is 5.75 Å². The molecule has 0 saturated carbocycles. The van der Waals surface area contributed by atoms with E-state index in [0.717, 1.165) is 26.2 Å². The van der Waals surface area contributed by atoms with Crippen molar-refractivity contribution < 1.29 is 15.0 Å². The zero-order valence-electron chi connectivity index (χ0n) is 10.9. The van der Waals surface area contributed by atoms with Crippen molar-refractivity contribution in [1.82, 2.24) is 19.6 Å². The fourth-order valence-corrected chi connectivity index (χ4v) is 2.47. The van der Waals surface area contributed by atoms with Gasteiger partial charge in [-0.1, -0.05) is 0 Å². The smallest absolute Gasteiger partial charge is 0.356 e. The highest BCUT2D eigenvalue weighted by molar-refractivity contribution is 5.93. The molecule has 3 rings (SSSR count). The molecule has 0 spiro atoms. The molecular formula is C13H16N4O3. The maximum atomic E-state index is 11.2. The summed E-state index contributed by atoms with van der Waals surface area (Å²) in [7, 11) is 0. The number of pyridine rings is 1. The number of nitrogens with one attached hydrogen (secondary N) is 1. The van der Waals surface area contributed by atoms with Crippen LogP contribution in [-0.4, -0.2) is 56.6 Å². The summed E-state index contributed by atoms with van der Waals surface area (Å²) >= 11 is 0. The van der Waals surface area contributed by atoms with Crippen molar-refractivity contribution >= 4 is 11.5 Å². The highest BCUT2D eigenvalue weighted by Gasteiger charge is 2.19. The lowest BCUT2D eigenvalue weighted by Gasteiger charge is -2.26. The molecule has 0 atom stereocenters. The van der Waals surface area contributed by atoms with Crippen molar-refractivity contribution in [1.29, 1.82) is 0 Å². The number of aromatic carboxylic acids is 1. The number of carboxylic acids is 1. The van der Waals surface area contributed by atoms with E-state index in [1.807, 2.05) is 0 Å². The van der Waals surface area contributed by atoms with Crippen LogP contribution in [0.15, 0.2) is 18.3 Å². The Hall–Kier alpha value is -2.12. The first kappa shape index (κ1) is 12.9. The van der Waals surface area contributed by atoms with Crippen LogP contribution in [0.3, 0.4) is 0 Å². The summed E-state index contributed by atoms with van der Waals surface area (Å²) in [5, 5.41) is 22.1. The van der Waals surface area contributed by atoms with Crippen molar-refractivity contribution in [2.45, 2.75) is 6.54 Å². The van der Waals surface area contributed by atoms with Crippen molar-refractivity contribution in [3.8, 4) is 5.75 Å². The summed E-state index contributed by atoms with van der Waals surface area (Å²) in [6, 6.07) is 3.05. The minimum Gasteiger partial charge on any atom is -0.506 e. The third-order valence-corrected chi connectivity index (χ3v) is 3.47. The van der Waals surface area contributed by atoms with E-state index in [9.17, 15) is 15.0 Å². The topological polar surface area (TPSA) is 90.1 Å². The van der Waals surface area contributed by atoms with E-state index in [1.165, 1.54) is 12.3 Å². The van der Waals surface area contributed by atoms with E-state index >= 15 is 0 Å². The van der Waals surface area contributed by atoms with Gasteiger partial charge in [-0.25, -0.2) is 9.78 Å². The highest BCUT2D eigenvalue weighted by Crippen LogP contribution is 2.19.